The maximum absolute atomic E-state index is 12.3. The van der Waals surface area contributed by atoms with Gasteiger partial charge in [-0.3, -0.25) is 4.79 Å². The standard InChI is InChI=1S/C13H14F2N2O3/c14-13(15)20-11-4-2-1-3-10(11)12(18)17-7-5-9(16-19)6-8-17/h1-4,13,19H,5-8H2. The second-order valence-electron chi connectivity index (χ2n) is 4.33. The number of carbonyl (C=O) groups excluding carboxylic acids is 1. The summed E-state index contributed by atoms with van der Waals surface area (Å²) < 4.78 is 29.0. The lowest BCUT2D eigenvalue weighted by atomic mass is 10.1. The highest BCUT2D eigenvalue weighted by Gasteiger charge is 2.24. The van der Waals surface area contributed by atoms with Gasteiger partial charge in [0.2, 0.25) is 0 Å². The summed E-state index contributed by atoms with van der Waals surface area (Å²) in [6.07, 6.45) is 0.945. The van der Waals surface area contributed by atoms with E-state index in [9.17, 15) is 13.6 Å². The van der Waals surface area contributed by atoms with Gasteiger partial charge in [-0.1, -0.05) is 17.3 Å². The minimum atomic E-state index is -2.97. The van der Waals surface area contributed by atoms with Crippen molar-refractivity contribution in [3.05, 3.63) is 29.8 Å². The molecular formula is C13H14F2N2O3. The average Bonchev–Trinajstić information content (AvgIpc) is 2.46. The predicted octanol–water partition coefficient (Wildman–Crippen LogP) is 2.35. The summed E-state index contributed by atoms with van der Waals surface area (Å²) >= 11 is 0. The summed E-state index contributed by atoms with van der Waals surface area (Å²) in [4.78, 5) is 13.8. The van der Waals surface area contributed by atoms with Crippen molar-refractivity contribution >= 4 is 11.6 Å². The van der Waals surface area contributed by atoms with E-state index in [2.05, 4.69) is 9.89 Å². The zero-order valence-electron chi connectivity index (χ0n) is 10.6. The van der Waals surface area contributed by atoms with Gasteiger partial charge in [-0.2, -0.15) is 8.78 Å². The predicted molar refractivity (Wildman–Crippen MR) is 67.4 cm³/mol. The van der Waals surface area contributed by atoms with E-state index in [0.29, 0.717) is 31.6 Å². The highest BCUT2D eigenvalue weighted by molar-refractivity contribution is 5.98. The van der Waals surface area contributed by atoms with Crippen LogP contribution in [0.2, 0.25) is 0 Å². The Kier molecular flexibility index (Phi) is 4.49. The fraction of sp³-hybridized carbons (Fsp3) is 0.385. The number of likely N-dealkylation sites (tertiary alicyclic amines) is 1. The highest BCUT2D eigenvalue weighted by Crippen LogP contribution is 2.23. The average molecular weight is 284 g/mol. The number of halogens is 2. The minimum Gasteiger partial charge on any atom is -0.434 e. The Hall–Kier alpha value is -2.18. The Morgan fingerprint density at radius 3 is 2.55 bits per heavy atom. The molecule has 1 aliphatic rings. The van der Waals surface area contributed by atoms with Crippen LogP contribution in [-0.2, 0) is 0 Å². The second-order valence-corrected chi connectivity index (χ2v) is 4.33. The normalized spacial score (nSPS) is 15.3. The molecule has 1 heterocycles. The van der Waals surface area contributed by atoms with Crippen LogP contribution < -0.4 is 4.74 Å². The fourth-order valence-corrected chi connectivity index (χ4v) is 2.08. The molecule has 2 rings (SSSR count). The van der Waals surface area contributed by atoms with E-state index >= 15 is 0 Å². The van der Waals surface area contributed by atoms with Gasteiger partial charge in [0.25, 0.3) is 5.91 Å². The molecule has 1 fully saturated rings. The van der Waals surface area contributed by atoms with Gasteiger partial charge in [-0.25, -0.2) is 0 Å². The summed E-state index contributed by atoms with van der Waals surface area (Å²) in [5.41, 5.74) is 0.739. The van der Waals surface area contributed by atoms with E-state index in [1.807, 2.05) is 0 Å². The minimum absolute atomic E-state index is 0.109. The maximum Gasteiger partial charge on any atom is 0.387 e. The highest BCUT2D eigenvalue weighted by atomic mass is 19.3. The number of oxime groups is 1. The lowest BCUT2D eigenvalue weighted by Crippen LogP contribution is -2.38. The number of rotatable bonds is 3. The molecular weight excluding hydrogens is 270 g/mol. The first-order valence-electron chi connectivity index (χ1n) is 6.14. The second kappa shape index (κ2) is 6.31. The summed E-state index contributed by atoms with van der Waals surface area (Å²) in [5.74, 6) is -0.493. The number of hydrogen-bond donors (Lipinski definition) is 1. The van der Waals surface area contributed by atoms with Gasteiger partial charge in [0, 0.05) is 25.9 Å². The zero-order valence-corrected chi connectivity index (χ0v) is 10.6. The number of benzene rings is 1. The van der Waals surface area contributed by atoms with E-state index in [1.54, 1.807) is 6.07 Å². The molecule has 0 aromatic heterocycles. The third kappa shape index (κ3) is 3.23. The quantitative estimate of drug-likeness (QED) is 0.684. The number of ether oxygens (including phenoxy) is 1. The molecule has 1 aliphatic heterocycles. The van der Waals surface area contributed by atoms with Crippen LogP contribution in [0.4, 0.5) is 8.78 Å². The molecule has 0 unspecified atom stereocenters. The SMILES string of the molecule is O=C(c1ccccc1OC(F)F)N1CCC(=NO)CC1. The largest absolute Gasteiger partial charge is 0.434 e. The lowest BCUT2D eigenvalue weighted by Gasteiger charge is -2.27. The van der Waals surface area contributed by atoms with Crippen molar-refractivity contribution in [3.63, 3.8) is 0 Å². The molecule has 1 saturated heterocycles. The van der Waals surface area contributed by atoms with Crippen LogP contribution in [0.5, 0.6) is 5.75 Å². The van der Waals surface area contributed by atoms with E-state index in [4.69, 9.17) is 5.21 Å². The van der Waals surface area contributed by atoms with E-state index < -0.39 is 6.61 Å². The molecule has 1 amide bonds. The molecule has 1 N–H and O–H groups in total. The van der Waals surface area contributed by atoms with Gasteiger partial charge in [0.15, 0.2) is 0 Å². The van der Waals surface area contributed by atoms with Crippen LogP contribution in [0.3, 0.4) is 0 Å². The van der Waals surface area contributed by atoms with Crippen molar-refractivity contribution in [3.8, 4) is 5.75 Å². The van der Waals surface area contributed by atoms with Gasteiger partial charge < -0.3 is 14.8 Å². The summed E-state index contributed by atoms with van der Waals surface area (Å²) in [6.45, 7) is -2.19. The van der Waals surface area contributed by atoms with Gasteiger partial charge in [0.1, 0.15) is 5.75 Å². The van der Waals surface area contributed by atoms with Crippen molar-refractivity contribution in [1.29, 1.82) is 0 Å². The van der Waals surface area contributed by atoms with E-state index in [0.717, 1.165) is 0 Å². The van der Waals surface area contributed by atoms with Crippen molar-refractivity contribution < 1.29 is 23.5 Å². The smallest absolute Gasteiger partial charge is 0.387 e. The van der Waals surface area contributed by atoms with Gasteiger partial charge >= 0.3 is 6.61 Å². The van der Waals surface area contributed by atoms with Crippen LogP contribution >= 0.6 is 0 Å². The van der Waals surface area contributed by atoms with Crippen molar-refractivity contribution in [2.45, 2.75) is 19.5 Å². The first-order valence-corrected chi connectivity index (χ1v) is 6.14. The Bertz CT molecular complexity index is 510. The number of nitrogens with zero attached hydrogens (tertiary/aromatic N) is 2. The molecule has 1 aromatic rings. The fourth-order valence-electron chi connectivity index (χ4n) is 2.08. The Labute approximate surface area is 114 Å². The number of amides is 1. The van der Waals surface area contributed by atoms with E-state index in [1.165, 1.54) is 23.1 Å². The maximum atomic E-state index is 12.3. The molecule has 7 heteroatoms. The van der Waals surface area contributed by atoms with Crippen LogP contribution in [0, 0.1) is 0 Å². The number of carbonyl (C=O) groups is 1. The molecule has 0 atom stereocenters. The van der Waals surface area contributed by atoms with Crippen LogP contribution in [-0.4, -0.2) is 41.4 Å². The Morgan fingerprint density at radius 2 is 1.95 bits per heavy atom. The Morgan fingerprint density at radius 1 is 1.30 bits per heavy atom. The van der Waals surface area contributed by atoms with Gasteiger partial charge in [-0.15, -0.1) is 0 Å². The number of piperidine rings is 1. The summed E-state index contributed by atoms with van der Waals surface area (Å²) in [6, 6.07) is 5.91. The molecule has 0 spiro atoms. The molecule has 5 nitrogen and oxygen atoms in total. The third-order valence-electron chi connectivity index (χ3n) is 3.10. The van der Waals surface area contributed by atoms with Crippen LogP contribution in [0.25, 0.3) is 0 Å². The Balaban J connectivity index is 2.13. The van der Waals surface area contributed by atoms with Gasteiger partial charge in [-0.05, 0) is 12.1 Å². The third-order valence-corrected chi connectivity index (χ3v) is 3.10. The van der Waals surface area contributed by atoms with Crippen molar-refractivity contribution in [2.24, 2.45) is 5.16 Å². The number of para-hydroxylation sites is 1. The monoisotopic (exact) mass is 284 g/mol. The molecule has 0 radical (unpaired) electrons. The molecule has 20 heavy (non-hydrogen) atoms. The van der Waals surface area contributed by atoms with Crippen LogP contribution in [0.1, 0.15) is 23.2 Å². The molecule has 0 saturated carbocycles. The zero-order chi connectivity index (χ0) is 14.5. The molecule has 1 aromatic carbocycles. The lowest BCUT2D eigenvalue weighted by molar-refractivity contribution is -0.0502. The molecule has 108 valence electrons. The summed E-state index contributed by atoms with van der Waals surface area (Å²) in [7, 11) is 0. The van der Waals surface area contributed by atoms with Crippen molar-refractivity contribution in [2.75, 3.05) is 13.1 Å². The van der Waals surface area contributed by atoms with Crippen LogP contribution in [0.15, 0.2) is 29.4 Å². The van der Waals surface area contributed by atoms with E-state index in [-0.39, 0.29) is 17.2 Å². The first-order chi connectivity index (χ1) is 9.61. The topological polar surface area (TPSA) is 62.1 Å². The summed E-state index contributed by atoms with van der Waals surface area (Å²) in [5, 5.41) is 11.8. The molecule has 0 aliphatic carbocycles. The molecule has 0 bridgehead atoms. The van der Waals surface area contributed by atoms with Crippen molar-refractivity contribution in [1.82, 2.24) is 4.90 Å². The number of hydrogen-bond acceptors (Lipinski definition) is 4. The number of alkyl halides is 2. The van der Waals surface area contributed by atoms with Gasteiger partial charge in [0.05, 0.1) is 11.3 Å². The first kappa shape index (κ1) is 14.2.